The number of amides is 1. The van der Waals surface area contributed by atoms with Crippen molar-refractivity contribution < 1.29 is 9.90 Å². The topological polar surface area (TPSA) is 52.6 Å². The van der Waals surface area contributed by atoms with Crippen molar-refractivity contribution in [3.8, 4) is 0 Å². The van der Waals surface area contributed by atoms with Crippen LogP contribution >= 0.6 is 0 Å². The van der Waals surface area contributed by atoms with Crippen molar-refractivity contribution in [3.63, 3.8) is 0 Å². The van der Waals surface area contributed by atoms with Crippen LogP contribution in [0.4, 0.5) is 0 Å². The lowest BCUT2D eigenvalue weighted by Gasteiger charge is -2.27. The third-order valence-corrected chi connectivity index (χ3v) is 3.25. The number of aliphatic hydroxyl groups excluding tert-OH is 1. The van der Waals surface area contributed by atoms with E-state index in [-0.39, 0.29) is 11.8 Å². The van der Waals surface area contributed by atoms with Crippen LogP contribution in [0.5, 0.6) is 0 Å². The lowest BCUT2D eigenvalue weighted by molar-refractivity contribution is -0.136. The molecule has 0 spiro atoms. The van der Waals surface area contributed by atoms with Crippen molar-refractivity contribution >= 4 is 5.91 Å². The van der Waals surface area contributed by atoms with Crippen LogP contribution in [-0.4, -0.2) is 49.2 Å². The average molecular weight is 228 g/mol. The van der Waals surface area contributed by atoms with Gasteiger partial charge in [-0.1, -0.05) is 19.3 Å². The summed E-state index contributed by atoms with van der Waals surface area (Å²) in [6, 6.07) is 0. The molecule has 0 aromatic carbocycles. The van der Waals surface area contributed by atoms with Gasteiger partial charge in [-0.15, -0.1) is 0 Å². The van der Waals surface area contributed by atoms with Crippen molar-refractivity contribution in [1.82, 2.24) is 10.2 Å². The Bertz CT molecular complexity index is 215. The largest absolute Gasteiger partial charge is 0.390 e. The molecule has 1 rings (SSSR count). The monoisotopic (exact) mass is 228 g/mol. The molecular weight excluding hydrogens is 204 g/mol. The minimum absolute atomic E-state index is 0.195. The van der Waals surface area contributed by atoms with Crippen LogP contribution < -0.4 is 5.32 Å². The second-order valence-corrected chi connectivity index (χ2v) is 4.77. The second kappa shape index (κ2) is 6.86. The van der Waals surface area contributed by atoms with E-state index in [1.807, 2.05) is 0 Å². The van der Waals surface area contributed by atoms with Crippen LogP contribution in [0.25, 0.3) is 0 Å². The van der Waals surface area contributed by atoms with Crippen molar-refractivity contribution in [2.24, 2.45) is 5.92 Å². The van der Waals surface area contributed by atoms with E-state index in [1.54, 1.807) is 19.0 Å². The van der Waals surface area contributed by atoms with E-state index < -0.39 is 6.10 Å². The fourth-order valence-corrected chi connectivity index (χ4v) is 2.37. The van der Waals surface area contributed by atoms with Gasteiger partial charge < -0.3 is 15.3 Å². The molecule has 16 heavy (non-hydrogen) atoms. The van der Waals surface area contributed by atoms with Crippen molar-refractivity contribution in [2.75, 3.05) is 27.2 Å². The Morgan fingerprint density at radius 3 is 2.62 bits per heavy atom. The summed E-state index contributed by atoms with van der Waals surface area (Å²) in [6.07, 6.45) is 5.17. The molecule has 1 saturated carbocycles. The van der Waals surface area contributed by atoms with Crippen LogP contribution in [0, 0.1) is 5.92 Å². The Morgan fingerprint density at radius 2 is 2.06 bits per heavy atom. The number of hydrogen-bond donors (Lipinski definition) is 2. The van der Waals surface area contributed by atoms with Gasteiger partial charge in [0.05, 0.1) is 6.10 Å². The molecule has 0 aromatic rings. The second-order valence-electron chi connectivity index (χ2n) is 4.77. The summed E-state index contributed by atoms with van der Waals surface area (Å²) in [5.41, 5.74) is 0. The Kier molecular flexibility index (Phi) is 5.77. The Balaban J connectivity index is 2.34. The lowest BCUT2D eigenvalue weighted by Crippen LogP contribution is -2.41. The van der Waals surface area contributed by atoms with E-state index in [0.29, 0.717) is 13.1 Å². The Labute approximate surface area is 98.0 Å². The van der Waals surface area contributed by atoms with E-state index >= 15 is 0 Å². The SMILES string of the molecule is CNCC(O)CN(C)C(=O)C1CCCCC1. The molecule has 1 unspecified atom stereocenters. The first-order chi connectivity index (χ1) is 7.65. The van der Waals surface area contributed by atoms with Gasteiger partial charge in [0.15, 0.2) is 0 Å². The van der Waals surface area contributed by atoms with Gasteiger partial charge in [0, 0.05) is 26.1 Å². The predicted octanol–water partition coefficient (Wildman–Crippen LogP) is 0.605. The first-order valence-corrected chi connectivity index (χ1v) is 6.22. The summed E-state index contributed by atoms with van der Waals surface area (Å²) in [5, 5.41) is 12.5. The molecule has 1 amide bonds. The summed E-state index contributed by atoms with van der Waals surface area (Å²) in [5.74, 6) is 0.399. The normalized spacial score (nSPS) is 19.4. The van der Waals surface area contributed by atoms with Gasteiger partial charge in [0.2, 0.25) is 5.91 Å². The predicted molar refractivity (Wildman–Crippen MR) is 64.1 cm³/mol. The van der Waals surface area contributed by atoms with Crippen LogP contribution in [0.3, 0.4) is 0 Å². The van der Waals surface area contributed by atoms with Crippen molar-refractivity contribution in [1.29, 1.82) is 0 Å². The highest BCUT2D eigenvalue weighted by Crippen LogP contribution is 2.25. The number of aliphatic hydroxyl groups is 1. The summed E-state index contributed by atoms with van der Waals surface area (Å²) < 4.78 is 0. The summed E-state index contributed by atoms with van der Waals surface area (Å²) in [6.45, 7) is 0.957. The molecule has 1 fully saturated rings. The Morgan fingerprint density at radius 1 is 1.44 bits per heavy atom. The minimum Gasteiger partial charge on any atom is -0.390 e. The molecule has 0 saturated heterocycles. The minimum atomic E-state index is -0.470. The van der Waals surface area contributed by atoms with Crippen molar-refractivity contribution in [3.05, 3.63) is 0 Å². The molecule has 94 valence electrons. The van der Waals surface area contributed by atoms with Gasteiger partial charge in [-0.2, -0.15) is 0 Å². The quantitative estimate of drug-likeness (QED) is 0.725. The van der Waals surface area contributed by atoms with Crippen LogP contribution in [0.15, 0.2) is 0 Å². The zero-order chi connectivity index (χ0) is 12.0. The van der Waals surface area contributed by atoms with Crippen LogP contribution in [0.2, 0.25) is 0 Å². The molecule has 4 heteroatoms. The van der Waals surface area contributed by atoms with E-state index in [0.717, 1.165) is 12.8 Å². The maximum atomic E-state index is 12.0. The smallest absolute Gasteiger partial charge is 0.225 e. The number of carbonyl (C=O) groups excluding carboxylic acids is 1. The van der Waals surface area contributed by atoms with Gasteiger partial charge in [-0.05, 0) is 19.9 Å². The van der Waals surface area contributed by atoms with E-state index in [4.69, 9.17) is 0 Å². The third-order valence-electron chi connectivity index (χ3n) is 3.25. The molecule has 1 aliphatic rings. The zero-order valence-electron chi connectivity index (χ0n) is 10.4. The van der Waals surface area contributed by atoms with E-state index in [2.05, 4.69) is 5.32 Å². The highest BCUT2D eigenvalue weighted by atomic mass is 16.3. The highest BCUT2D eigenvalue weighted by molar-refractivity contribution is 5.78. The fraction of sp³-hybridized carbons (Fsp3) is 0.917. The molecule has 1 aliphatic carbocycles. The maximum absolute atomic E-state index is 12.0. The highest BCUT2D eigenvalue weighted by Gasteiger charge is 2.24. The molecule has 0 heterocycles. The van der Waals surface area contributed by atoms with Gasteiger partial charge in [0.1, 0.15) is 0 Å². The molecule has 4 nitrogen and oxygen atoms in total. The lowest BCUT2D eigenvalue weighted by atomic mass is 9.88. The molecule has 0 aromatic heterocycles. The molecule has 0 radical (unpaired) electrons. The molecule has 0 bridgehead atoms. The number of carbonyl (C=O) groups is 1. The molecular formula is C12H24N2O2. The van der Waals surface area contributed by atoms with Gasteiger partial charge >= 0.3 is 0 Å². The number of likely N-dealkylation sites (N-methyl/N-ethyl adjacent to an activating group) is 2. The first kappa shape index (κ1) is 13.5. The van der Waals surface area contributed by atoms with Crippen molar-refractivity contribution in [2.45, 2.75) is 38.2 Å². The first-order valence-electron chi connectivity index (χ1n) is 6.22. The zero-order valence-corrected chi connectivity index (χ0v) is 10.4. The standard InChI is InChI=1S/C12H24N2O2/c1-13-8-11(15)9-14(2)12(16)10-6-4-3-5-7-10/h10-11,13,15H,3-9H2,1-2H3. The van der Waals surface area contributed by atoms with Crippen LogP contribution in [-0.2, 0) is 4.79 Å². The maximum Gasteiger partial charge on any atom is 0.225 e. The average Bonchev–Trinajstić information content (AvgIpc) is 2.29. The van der Waals surface area contributed by atoms with E-state index in [9.17, 15) is 9.90 Å². The summed E-state index contributed by atoms with van der Waals surface area (Å²) >= 11 is 0. The number of rotatable bonds is 5. The molecule has 0 aliphatic heterocycles. The Hall–Kier alpha value is -0.610. The van der Waals surface area contributed by atoms with Gasteiger partial charge in [-0.25, -0.2) is 0 Å². The number of hydrogen-bond acceptors (Lipinski definition) is 3. The molecule has 2 N–H and O–H groups in total. The summed E-state index contributed by atoms with van der Waals surface area (Å²) in [4.78, 5) is 13.7. The van der Waals surface area contributed by atoms with E-state index in [1.165, 1.54) is 19.3 Å². The fourth-order valence-electron chi connectivity index (χ4n) is 2.37. The van der Waals surface area contributed by atoms with Crippen LogP contribution in [0.1, 0.15) is 32.1 Å². The van der Waals surface area contributed by atoms with Gasteiger partial charge in [-0.3, -0.25) is 4.79 Å². The third kappa shape index (κ3) is 4.10. The number of nitrogens with zero attached hydrogens (tertiary/aromatic N) is 1. The molecule has 1 atom stereocenters. The number of nitrogens with one attached hydrogen (secondary N) is 1. The van der Waals surface area contributed by atoms with Gasteiger partial charge in [0.25, 0.3) is 0 Å². The summed E-state index contributed by atoms with van der Waals surface area (Å²) in [7, 11) is 3.59.